The monoisotopic (exact) mass is 456 g/mol. The summed E-state index contributed by atoms with van der Waals surface area (Å²) in [5, 5.41) is 3.12. The Bertz CT molecular complexity index is 1110. The number of carbonyl (C=O) groups is 1. The molecule has 4 heterocycles. The van der Waals surface area contributed by atoms with Crippen molar-refractivity contribution >= 4 is 34.4 Å². The van der Waals surface area contributed by atoms with Crippen molar-refractivity contribution in [3.63, 3.8) is 0 Å². The molecule has 0 bridgehead atoms. The summed E-state index contributed by atoms with van der Waals surface area (Å²) in [6, 6.07) is 2.48. The van der Waals surface area contributed by atoms with E-state index in [-0.39, 0.29) is 14.0 Å². The predicted octanol–water partition coefficient (Wildman–Crippen LogP) is 3.19. The van der Waals surface area contributed by atoms with Gasteiger partial charge in [-0.2, -0.15) is 13.2 Å². The number of pyridine rings is 1. The first-order valence-electron chi connectivity index (χ1n) is 9.35. The first-order valence-corrected chi connectivity index (χ1v) is 9.73. The molecule has 0 spiro atoms. The van der Waals surface area contributed by atoms with Crippen LogP contribution in [0.4, 0.5) is 19.0 Å². The van der Waals surface area contributed by atoms with Gasteiger partial charge >= 0.3 is 6.18 Å². The van der Waals surface area contributed by atoms with Gasteiger partial charge in [-0.3, -0.25) is 4.79 Å². The molecule has 166 valence electrons. The topological polar surface area (TPSA) is 96.0 Å². The number of nitrogens with one attached hydrogen (secondary N) is 2. The number of hydrogen-bond donors (Lipinski definition) is 2. The second-order valence-corrected chi connectivity index (χ2v) is 7.52. The number of halogens is 4. The second kappa shape index (κ2) is 8.31. The Kier molecular flexibility index (Phi) is 5.71. The minimum atomic E-state index is -4.49. The molecule has 1 aliphatic heterocycles. The minimum absolute atomic E-state index is 0. The van der Waals surface area contributed by atoms with E-state index in [1.165, 1.54) is 19.5 Å². The minimum Gasteiger partial charge on any atom is -0.380 e. The van der Waals surface area contributed by atoms with Crippen molar-refractivity contribution in [1.29, 1.82) is 0 Å². The Hall–Kier alpha value is -2.92. The third-order valence-corrected chi connectivity index (χ3v) is 5.24. The van der Waals surface area contributed by atoms with Crippen LogP contribution in [0.1, 0.15) is 7.85 Å². The molecule has 12 heteroatoms. The van der Waals surface area contributed by atoms with Gasteiger partial charge in [0, 0.05) is 51.0 Å². The van der Waals surface area contributed by atoms with Crippen molar-refractivity contribution in [2.45, 2.75) is 24.7 Å². The molecule has 1 fully saturated rings. The van der Waals surface area contributed by atoms with Gasteiger partial charge in [0.15, 0.2) is 5.82 Å². The third kappa shape index (κ3) is 4.57. The molecule has 3 aromatic heterocycles. The fourth-order valence-electron chi connectivity index (χ4n) is 3.58. The molecule has 1 aliphatic rings. The molecule has 0 aliphatic carbocycles. The molecule has 0 radical (unpaired) electrons. The van der Waals surface area contributed by atoms with Crippen molar-refractivity contribution in [2.24, 2.45) is 0 Å². The molecule has 1 amide bonds. The number of hydrogen-bond acceptors (Lipinski definition) is 6. The lowest BCUT2D eigenvalue weighted by molar-refractivity contribution is -0.139. The Morgan fingerprint density at radius 2 is 2.26 bits per heavy atom. The summed E-state index contributed by atoms with van der Waals surface area (Å²) in [6.07, 6.45) is 0.164. The first kappa shape index (κ1) is 21.3. The molecule has 0 saturated carbocycles. The van der Waals surface area contributed by atoms with Gasteiger partial charge in [-0.25, -0.2) is 15.0 Å². The Morgan fingerprint density at radius 1 is 1.45 bits per heavy atom. The quantitative estimate of drug-likeness (QED) is 0.612. The van der Waals surface area contributed by atoms with Gasteiger partial charge < -0.3 is 19.9 Å². The van der Waals surface area contributed by atoms with E-state index in [4.69, 9.17) is 16.3 Å². The van der Waals surface area contributed by atoms with Gasteiger partial charge in [0.1, 0.15) is 24.1 Å². The molecule has 31 heavy (non-hydrogen) atoms. The number of aromatic nitrogens is 4. The van der Waals surface area contributed by atoms with Crippen LogP contribution in [0.5, 0.6) is 0 Å². The summed E-state index contributed by atoms with van der Waals surface area (Å²) in [7, 11) is 1.49. The summed E-state index contributed by atoms with van der Waals surface area (Å²) in [5.74, 6) is 0.0318. The van der Waals surface area contributed by atoms with Gasteiger partial charge in [-0.05, 0) is 12.1 Å². The van der Waals surface area contributed by atoms with E-state index >= 15 is 0 Å². The lowest BCUT2D eigenvalue weighted by Gasteiger charge is -2.25. The van der Waals surface area contributed by atoms with Crippen LogP contribution >= 0.6 is 11.6 Å². The summed E-state index contributed by atoms with van der Waals surface area (Å²) in [6.45, 7) is -1.09. The largest absolute Gasteiger partial charge is 0.405 e. The molecule has 1 saturated heterocycles. The van der Waals surface area contributed by atoms with Crippen LogP contribution in [0.25, 0.3) is 22.4 Å². The van der Waals surface area contributed by atoms with Crippen LogP contribution in [0, 0.1) is 0 Å². The molecule has 1 unspecified atom stereocenters. The number of alkyl halides is 3. The van der Waals surface area contributed by atoms with Crippen molar-refractivity contribution in [1.82, 2.24) is 25.3 Å². The van der Waals surface area contributed by atoms with E-state index in [2.05, 4.69) is 19.9 Å². The summed E-state index contributed by atoms with van der Waals surface area (Å²) >= 11 is 6.05. The fraction of sp³-hybridized carbons (Fsp3) is 0.368. The first-order chi connectivity index (χ1) is 14.7. The molecule has 8 nitrogen and oxygen atoms in total. The van der Waals surface area contributed by atoms with E-state index < -0.39 is 24.7 Å². The van der Waals surface area contributed by atoms with E-state index in [1.54, 1.807) is 23.2 Å². The predicted molar refractivity (Wildman–Crippen MR) is 110 cm³/mol. The van der Waals surface area contributed by atoms with Crippen LogP contribution < -0.4 is 10.2 Å². The molecule has 2 atom stereocenters. The second-order valence-electron chi connectivity index (χ2n) is 7.09. The van der Waals surface area contributed by atoms with Crippen LogP contribution in [0.3, 0.4) is 0 Å². The van der Waals surface area contributed by atoms with Gasteiger partial charge in [0.25, 0.3) is 0 Å². The van der Waals surface area contributed by atoms with E-state index in [9.17, 15) is 18.0 Å². The molecular weight excluding hydrogens is 437 g/mol. The number of methoxy groups -OCH3 is 1. The summed E-state index contributed by atoms with van der Waals surface area (Å²) in [5.41, 5.74) is 1.27. The Morgan fingerprint density at radius 3 is 3.00 bits per heavy atom. The van der Waals surface area contributed by atoms with Gasteiger partial charge in [-0.15, -0.1) is 0 Å². The number of ether oxygens (including phenoxy) is 1. The molecule has 0 aromatic carbocycles. The van der Waals surface area contributed by atoms with Gasteiger partial charge in [0.2, 0.25) is 5.91 Å². The standard InChI is InChI=1S/C19H18ClF3N6O2.H2/c1-31-11-5-14(18(30)27-9-19(21,22)23)29(8-11)15-2-3-24-17(28-15)13-7-26-16-12(13)4-10(20)6-25-16;/h2-4,6-7,11,14H,5,8-9H2,1H3,(H,25,26)(H,27,30);1H/t11?,14-;/m0./s1. The van der Waals surface area contributed by atoms with Crippen LogP contribution in [-0.4, -0.2) is 64.4 Å². The zero-order valence-electron chi connectivity index (χ0n) is 16.3. The van der Waals surface area contributed by atoms with Crippen molar-refractivity contribution in [3.8, 4) is 11.4 Å². The molecule has 2 N–H and O–H groups in total. The van der Waals surface area contributed by atoms with Crippen molar-refractivity contribution in [2.75, 3.05) is 25.1 Å². The van der Waals surface area contributed by atoms with Crippen molar-refractivity contribution in [3.05, 3.63) is 35.7 Å². The number of H-pyrrole nitrogens is 1. The van der Waals surface area contributed by atoms with Gasteiger partial charge in [0.05, 0.1) is 11.1 Å². The Labute approximate surface area is 181 Å². The van der Waals surface area contributed by atoms with E-state index in [0.717, 1.165) is 5.39 Å². The maximum Gasteiger partial charge on any atom is 0.405 e. The number of anilines is 1. The summed E-state index contributed by atoms with van der Waals surface area (Å²) in [4.78, 5) is 30.2. The van der Waals surface area contributed by atoms with E-state index in [1.807, 2.05) is 5.32 Å². The number of aromatic amines is 1. The number of fused-ring (bicyclic) bond motifs is 1. The van der Waals surface area contributed by atoms with E-state index in [0.29, 0.717) is 34.4 Å². The highest BCUT2D eigenvalue weighted by molar-refractivity contribution is 6.31. The number of carbonyl (C=O) groups excluding carboxylic acids is 1. The number of amides is 1. The number of nitrogens with zero attached hydrogens (tertiary/aromatic N) is 4. The normalized spacial score (nSPS) is 19.2. The lowest BCUT2D eigenvalue weighted by Crippen LogP contribution is -2.46. The molecular formula is C19H20ClF3N6O2. The van der Waals surface area contributed by atoms with Crippen LogP contribution in [0.15, 0.2) is 30.7 Å². The average Bonchev–Trinajstić information content (AvgIpc) is 3.35. The smallest absolute Gasteiger partial charge is 0.380 e. The maximum absolute atomic E-state index is 12.5. The van der Waals surface area contributed by atoms with Crippen LogP contribution in [0.2, 0.25) is 5.02 Å². The highest BCUT2D eigenvalue weighted by Crippen LogP contribution is 2.30. The fourth-order valence-corrected chi connectivity index (χ4v) is 3.73. The molecule has 3 aromatic rings. The third-order valence-electron chi connectivity index (χ3n) is 5.04. The lowest BCUT2D eigenvalue weighted by atomic mass is 10.2. The highest BCUT2D eigenvalue weighted by Gasteiger charge is 2.39. The summed E-state index contributed by atoms with van der Waals surface area (Å²) < 4.78 is 43.0. The average molecular weight is 457 g/mol. The van der Waals surface area contributed by atoms with Crippen molar-refractivity contribution < 1.29 is 24.1 Å². The highest BCUT2D eigenvalue weighted by atomic mass is 35.5. The Balaban J connectivity index is 0.00000289. The molecule has 4 rings (SSSR count). The number of rotatable bonds is 5. The maximum atomic E-state index is 12.5. The zero-order chi connectivity index (χ0) is 22.2. The zero-order valence-corrected chi connectivity index (χ0v) is 17.0. The van der Waals surface area contributed by atoms with Crippen LogP contribution in [-0.2, 0) is 9.53 Å². The van der Waals surface area contributed by atoms with Gasteiger partial charge in [-0.1, -0.05) is 11.6 Å². The SMILES string of the molecule is COC1C[C@@H](C(=O)NCC(F)(F)F)N(c2ccnc(-c3c[nH]c4ncc(Cl)cc34)n2)C1.[HH].